The predicted octanol–water partition coefficient (Wildman–Crippen LogP) is 2.71. The van der Waals surface area contributed by atoms with Crippen LogP contribution in [0.4, 0.5) is 11.4 Å². The van der Waals surface area contributed by atoms with Crippen LogP contribution in [0.15, 0.2) is 41.3 Å². The number of nitrogens with one attached hydrogen (secondary N) is 1. The molecule has 2 rings (SSSR count). The second kappa shape index (κ2) is 7.12. The van der Waals surface area contributed by atoms with E-state index < -0.39 is 25.5 Å². The van der Waals surface area contributed by atoms with Gasteiger partial charge in [-0.1, -0.05) is 18.2 Å². The molecule has 0 aliphatic rings. The normalized spacial score (nSPS) is 11.1. The largest absolute Gasteiger partial charge is 0.345 e. The molecule has 0 aromatic heterocycles. The van der Waals surface area contributed by atoms with Crippen molar-refractivity contribution in [3.8, 4) is 0 Å². The van der Waals surface area contributed by atoms with Gasteiger partial charge < -0.3 is 4.90 Å². The van der Waals surface area contributed by atoms with Crippen LogP contribution in [-0.4, -0.2) is 38.2 Å². The molecule has 1 N–H and O–H groups in total. The number of rotatable bonds is 5. The monoisotopic (exact) mass is 377 g/mol. The molecule has 2 aromatic carbocycles. The number of anilines is 1. The van der Waals surface area contributed by atoms with Crippen LogP contribution < -0.4 is 4.72 Å². The minimum absolute atomic E-state index is 0.190. The molecule has 0 bridgehead atoms. The topological polar surface area (TPSA) is 110 Å². The molecule has 0 aliphatic carbocycles. The number of carbonyl (C=O) groups is 1. The molecule has 26 heavy (non-hydrogen) atoms. The lowest BCUT2D eigenvalue weighted by molar-refractivity contribution is -0.387. The average Bonchev–Trinajstić information content (AvgIpc) is 2.55. The van der Waals surface area contributed by atoms with Gasteiger partial charge in [0.05, 0.1) is 10.6 Å². The van der Waals surface area contributed by atoms with Crippen molar-refractivity contribution in [1.82, 2.24) is 4.90 Å². The van der Waals surface area contributed by atoms with Gasteiger partial charge in [0.1, 0.15) is 0 Å². The molecule has 0 fully saturated rings. The van der Waals surface area contributed by atoms with Gasteiger partial charge in [-0.2, -0.15) is 0 Å². The van der Waals surface area contributed by atoms with Crippen LogP contribution >= 0.6 is 0 Å². The Hall–Kier alpha value is -2.94. The molecule has 0 heterocycles. The molecule has 0 saturated carbocycles. The van der Waals surface area contributed by atoms with Gasteiger partial charge in [0, 0.05) is 25.7 Å². The summed E-state index contributed by atoms with van der Waals surface area (Å²) in [5.74, 6) is -0.285. The Morgan fingerprint density at radius 3 is 2.35 bits per heavy atom. The zero-order valence-corrected chi connectivity index (χ0v) is 15.6. The van der Waals surface area contributed by atoms with Crippen molar-refractivity contribution >= 4 is 27.3 Å². The highest BCUT2D eigenvalue weighted by Gasteiger charge is 2.28. The minimum Gasteiger partial charge on any atom is -0.345 e. The van der Waals surface area contributed by atoms with E-state index >= 15 is 0 Å². The number of hydrogen-bond acceptors (Lipinski definition) is 5. The van der Waals surface area contributed by atoms with E-state index in [0.29, 0.717) is 11.1 Å². The lowest BCUT2D eigenvalue weighted by Crippen LogP contribution is -2.22. The first-order chi connectivity index (χ1) is 12.0. The fraction of sp³-hybridized carbons (Fsp3) is 0.235. The summed E-state index contributed by atoms with van der Waals surface area (Å²) < 4.78 is 28.0. The molecule has 0 spiro atoms. The van der Waals surface area contributed by atoms with E-state index in [1.165, 1.54) is 30.0 Å². The smallest absolute Gasteiger partial charge is 0.290 e. The van der Waals surface area contributed by atoms with E-state index in [0.717, 1.165) is 6.07 Å². The van der Waals surface area contributed by atoms with Gasteiger partial charge in [0.25, 0.3) is 21.6 Å². The first kappa shape index (κ1) is 19.4. The third-order valence-electron chi connectivity index (χ3n) is 3.79. The Morgan fingerprint density at radius 1 is 1.12 bits per heavy atom. The number of hydrogen-bond donors (Lipinski definition) is 1. The van der Waals surface area contributed by atoms with Crippen molar-refractivity contribution in [2.45, 2.75) is 18.7 Å². The average molecular weight is 377 g/mol. The van der Waals surface area contributed by atoms with Crippen LogP contribution in [0.1, 0.15) is 21.5 Å². The lowest BCUT2D eigenvalue weighted by Gasteiger charge is -2.15. The Bertz CT molecular complexity index is 984. The molecular formula is C17H19N3O5S. The van der Waals surface area contributed by atoms with Crippen molar-refractivity contribution in [3.63, 3.8) is 0 Å². The van der Waals surface area contributed by atoms with Gasteiger partial charge in [-0.15, -0.1) is 0 Å². The van der Waals surface area contributed by atoms with Crippen molar-refractivity contribution in [1.29, 1.82) is 0 Å². The minimum atomic E-state index is -4.22. The highest BCUT2D eigenvalue weighted by molar-refractivity contribution is 7.93. The molecule has 0 atom stereocenters. The Labute approximate surface area is 151 Å². The first-order valence-corrected chi connectivity index (χ1v) is 9.12. The fourth-order valence-corrected chi connectivity index (χ4v) is 3.97. The van der Waals surface area contributed by atoms with Crippen LogP contribution in [-0.2, 0) is 10.0 Å². The van der Waals surface area contributed by atoms with E-state index in [1.54, 1.807) is 33.2 Å². The summed E-state index contributed by atoms with van der Waals surface area (Å²) in [7, 11) is -1.05. The summed E-state index contributed by atoms with van der Waals surface area (Å²) in [5.41, 5.74) is 0.827. The Kier molecular flexibility index (Phi) is 5.31. The van der Waals surface area contributed by atoms with Crippen molar-refractivity contribution < 1.29 is 18.1 Å². The van der Waals surface area contributed by atoms with Crippen molar-refractivity contribution in [3.05, 3.63) is 63.2 Å². The van der Waals surface area contributed by atoms with Gasteiger partial charge in [-0.25, -0.2) is 8.42 Å². The van der Waals surface area contributed by atoms with Crippen LogP contribution in [0.2, 0.25) is 0 Å². The van der Waals surface area contributed by atoms with Crippen LogP contribution in [0.5, 0.6) is 0 Å². The maximum Gasteiger partial charge on any atom is 0.290 e. The molecule has 138 valence electrons. The van der Waals surface area contributed by atoms with Gasteiger partial charge >= 0.3 is 0 Å². The second-order valence-electron chi connectivity index (χ2n) is 6.02. The van der Waals surface area contributed by atoms with Gasteiger partial charge in [0.15, 0.2) is 4.90 Å². The van der Waals surface area contributed by atoms with E-state index in [4.69, 9.17) is 0 Å². The summed E-state index contributed by atoms with van der Waals surface area (Å²) >= 11 is 0. The predicted molar refractivity (Wildman–Crippen MR) is 97.8 cm³/mol. The number of carbonyl (C=O) groups excluding carboxylic acids is 1. The number of amides is 1. The van der Waals surface area contributed by atoms with Crippen molar-refractivity contribution in [2.24, 2.45) is 0 Å². The zero-order valence-electron chi connectivity index (χ0n) is 14.8. The lowest BCUT2D eigenvalue weighted by atomic mass is 10.1. The third kappa shape index (κ3) is 3.83. The maximum atomic E-state index is 12.8. The zero-order chi connectivity index (χ0) is 19.6. The molecule has 8 nitrogen and oxygen atoms in total. The molecule has 2 aromatic rings. The van der Waals surface area contributed by atoms with Crippen LogP contribution in [0.3, 0.4) is 0 Å². The first-order valence-electron chi connectivity index (χ1n) is 7.63. The Balaban J connectivity index is 2.54. The number of benzene rings is 2. The summed E-state index contributed by atoms with van der Waals surface area (Å²) in [6, 6.07) is 8.67. The summed E-state index contributed by atoms with van der Waals surface area (Å²) in [6.07, 6.45) is 0. The fourth-order valence-electron chi connectivity index (χ4n) is 2.45. The highest BCUT2D eigenvalue weighted by Crippen LogP contribution is 2.30. The summed E-state index contributed by atoms with van der Waals surface area (Å²) in [6.45, 7) is 3.16. The SMILES string of the molecule is Cc1ccc(C(=O)N(C)C)cc1NS(=O)(=O)c1c(C)cccc1[N+](=O)[O-]. The molecular weight excluding hydrogens is 358 g/mol. The van der Waals surface area contributed by atoms with E-state index in [9.17, 15) is 23.3 Å². The van der Waals surface area contributed by atoms with Gasteiger partial charge in [-0.3, -0.25) is 19.6 Å². The van der Waals surface area contributed by atoms with Gasteiger partial charge in [-0.05, 0) is 37.1 Å². The maximum absolute atomic E-state index is 12.8. The van der Waals surface area contributed by atoms with E-state index in [1.807, 2.05) is 0 Å². The number of sulfonamides is 1. The molecule has 0 aliphatic heterocycles. The number of aryl methyl sites for hydroxylation is 2. The number of nitro groups is 1. The quantitative estimate of drug-likeness (QED) is 0.636. The summed E-state index contributed by atoms with van der Waals surface area (Å²) in [4.78, 5) is 23.6. The number of nitro benzene ring substituents is 1. The summed E-state index contributed by atoms with van der Waals surface area (Å²) in [5, 5.41) is 11.2. The van der Waals surface area contributed by atoms with E-state index in [2.05, 4.69) is 4.72 Å². The highest BCUT2D eigenvalue weighted by atomic mass is 32.2. The molecule has 9 heteroatoms. The van der Waals surface area contributed by atoms with E-state index in [-0.39, 0.29) is 17.2 Å². The molecule has 1 amide bonds. The van der Waals surface area contributed by atoms with Crippen LogP contribution in [0.25, 0.3) is 0 Å². The standard InChI is InChI=1S/C17H19N3O5S/c1-11-8-9-13(17(21)19(3)4)10-14(11)18-26(24,25)16-12(2)6-5-7-15(16)20(22)23/h5-10,18H,1-4H3. The van der Waals surface area contributed by atoms with Crippen molar-refractivity contribution in [2.75, 3.05) is 18.8 Å². The van der Waals surface area contributed by atoms with Crippen LogP contribution in [0, 0.1) is 24.0 Å². The molecule has 0 saturated heterocycles. The molecule has 0 unspecified atom stereocenters. The third-order valence-corrected chi connectivity index (χ3v) is 5.35. The Morgan fingerprint density at radius 2 is 1.77 bits per heavy atom. The van der Waals surface area contributed by atoms with Gasteiger partial charge in [0.2, 0.25) is 0 Å². The second-order valence-corrected chi connectivity index (χ2v) is 7.63. The molecule has 0 radical (unpaired) electrons. The number of nitrogens with zero attached hydrogens (tertiary/aromatic N) is 2.